The fourth-order valence-electron chi connectivity index (χ4n) is 1.79. The maximum absolute atomic E-state index is 5.72. The van der Waals surface area contributed by atoms with Gasteiger partial charge >= 0.3 is 0 Å². The predicted octanol–water partition coefficient (Wildman–Crippen LogP) is 3.88. The summed E-state index contributed by atoms with van der Waals surface area (Å²) in [6.45, 7) is 0. The quantitative estimate of drug-likeness (QED) is 0.689. The molecule has 7 heteroatoms. The maximum atomic E-state index is 5.72. The Morgan fingerprint density at radius 3 is 2.65 bits per heavy atom. The van der Waals surface area contributed by atoms with Crippen LogP contribution < -0.4 is 11.1 Å². The topological polar surface area (TPSA) is 76.7 Å². The van der Waals surface area contributed by atoms with Crippen LogP contribution in [0.25, 0.3) is 10.9 Å². The molecule has 0 fully saturated rings. The van der Waals surface area contributed by atoms with Crippen LogP contribution in [-0.4, -0.2) is 15.0 Å². The first-order valence-electron chi connectivity index (χ1n) is 5.72. The van der Waals surface area contributed by atoms with E-state index < -0.39 is 0 Å². The van der Waals surface area contributed by atoms with Crippen LogP contribution in [0.3, 0.4) is 0 Å². The van der Waals surface area contributed by atoms with Crippen LogP contribution >= 0.6 is 31.9 Å². The molecule has 3 aromatic rings. The zero-order valence-electron chi connectivity index (χ0n) is 10.1. The third-order valence-electron chi connectivity index (χ3n) is 2.73. The Labute approximate surface area is 131 Å². The van der Waals surface area contributed by atoms with Gasteiger partial charge in [0.1, 0.15) is 18.0 Å². The van der Waals surface area contributed by atoms with Gasteiger partial charge in [0.2, 0.25) is 0 Å². The summed E-state index contributed by atoms with van der Waals surface area (Å²) >= 11 is 6.91. The van der Waals surface area contributed by atoms with E-state index in [4.69, 9.17) is 5.73 Å². The number of aromatic nitrogens is 3. The Morgan fingerprint density at radius 1 is 1.00 bits per heavy atom. The highest BCUT2D eigenvalue weighted by atomic mass is 79.9. The first kappa shape index (κ1) is 13.3. The molecule has 3 rings (SSSR count). The van der Waals surface area contributed by atoms with Crippen LogP contribution in [0.2, 0.25) is 0 Å². The molecule has 0 radical (unpaired) electrons. The van der Waals surface area contributed by atoms with Gasteiger partial charge in [-0.3, -0.25) is 0 Å². The number of nitrogens with one attached hydrogen (secondary N) is 1. The largest absolute Gasteiger partial charge is 0.384 e. The summed E-state index contributed by atoms with van der Waals surface area (Å²) in [5, 5.41) is 4.09. The second-order valence-electron chi connectivity index (χ2n) is 4.10. The molecule has 20 heavy (non-hydrogen) atoms. The van der Waals surface area contributed by atoms with Gasteiger partial charge in [-0.25, -0.2) is 15.0 Å². The standard InChI is InChI=1S/C13H9Br2N5/c14-9-2-1-7(3-10(9)15)20-13-8-4-12(16)17-5-11(8)18-6-19-13/h1-6H,(H2,16,17)(H,18,19,20). The summed E-state index contributed by atoms with van der Waals surface area (Å²) in [5.41, 5.74) is 7.38. The van der Waals surface area contributed by atoms with Crippen molar-refractivity contribution in [2.45, 2.75) is 0 Å². The lowest BCUT2D eigenvalue weighted by atomic mass is 10.2. The summed E-state index contributed by atoms with van der Waals surface area (Å²) in [7, 11) is 0. The number of anilines is 3. The number of nitrogens with two attached hydrogens (primary N) is 1. The molecule has 100 valence electrons. The minimum absolute atomic E-state index is 0.437. The Kier molecular flexibility index (Phi) is 3.54. The van der Waals surface area contributed by atoms with Crippen LogP contribution in [-0.2, 0) is 0 Å². The van der Waals surface area contributed by atoms with Crippen molar-refractivity contribution < 1.29 is 0 Å². The van der Waals surface area contributed by atoms with Gasteiger partial charge in [0.15, 0.2) is 0 Å². The molecule has 0 aliphatic rings. The SMILES string of the molecule is Nc1cc2c(Nc3ccc(Br)c(Br)c3)ncnc2cn1. The number of rotatable bonds is 2. The molecule has 0 bridgehead atoms. The van der Waals surface area contributed by atoms with E-state index in [0.717, 1.165) is 25.5 Å². The van der Waals surface area contributed by atoms with Gasteiger partial charge in [0.25, 0.3) is 0 Å². The van der Waals surface area contributed by atoms with Gasteiger partial charge in [-0.05, 0) is 56.1 Å². The zero-order valence-corrected chi connectivity index (χ0v) is 13.3. The van der Waals surface area contributed by atoms with Crippen molar-refractivity contribution in [3.05, 3.63) is 45.7 Å². The summed E-state index contributed by atoms with van der Waals surface area (Å²) in [4.78, 5) is 12.5. The number of nitrogens with zero attached hydrogens (tertiary/aromatic N) is 3. The highest BCUT2D eigenvalue weighted by Gasteiger charge is 2.06. The van der Waals surface area contributed by atoms with Crippen molar-refractivity contribution >= 4 is 60.1 Å². The summed E-state index contributed by atoms with van der Waals surface area (Å²) in [6, 6.07) is 7.62. The van der Waals surface area contributed by atoms with E-state index >= 15 is 0 Å². The molecular weight excluding hydrogens is 386 g/mol. The Morgan fingerprint density at radius 2 is 1.85 bits per heavy atom. The lowest BCUT2D eigenvalue weighted by Gasteiger charge is -2.09. The van der Waals surface area contributed by atoms with Gasteiger partial charge in [0, 0.05) is 20.0 Å². The van der Waals surface area contributed by atoms with Crippen LogP contribution in [0.1, 0.15) is 0 Å². The summed E-state index contributed by atoms with van der Waals surface area (Å²) in [5.74, 6) is 1.13. The van der Waals surface area contributed by atoms with Crippen LogP contribution in [0.15, 0.2) is 45.7 Å². The Bertz CT molecular complexity index is 791. The van der Waals surface area contributed by atoms with Crippen LogP contribution in [0.5, 0.6) is 0 Å². The molecule has 0 saturated carbocycles. The van der Waals surface area contributed by atoms with Crippen molar-refractivity contribution in [2.24, 2.45) is 0 Å². The molecule has 2 aromatic heterocycles. The van der Waals surface area contributed by atoms with Crippen LogP contribution in [0.4, 0.5) is 17.3 Å². The van der Waals surface area contributed by atoms with E-state index in [1.807, 2.05) is 18.2 Å². The Balaban J connectivity index is 2.05. The van der Waals surface area contributed by atoms with Crippen molar-refractivity contribution in [1.29, 1.82) is 0 Å². The van der Waals surface area contributed by atoms with Gasteiger partial charge < -0.3 is 11.1 Å². The van der Waals surface area contributed by atoms with Gasteiger partial charge in [-0.1, -0.05) is 0 Å². The van der Waals surface area contributed by atoms with E-state index in [0.29, 0.717) is 11.6 Å². The second kappa shape index (κ2) is 5.34. The molecule has 0 aliphatic carbocycles. The fraction of sp³-hybridized carbons (Fsp3) is 0. The molecule has 0 aliphatic heterocycles. The van der Waals surface area contributed by atoms with Gasteiger partial charge in [-0.15, -0.1) is 0 Å². The summed E-state index contributed by atoms with van der Waals surface area (Å²) < 4.78 is 1.95. The zero-order chi connectivity index (χ0) is 14.1. The van der Waals surface area contributed by atoms with E-state index in [-0.39, 0.29) is 0 Å². The minimum Gasteiger partial charge on any atom is -0.384 e. The number of hydrogen-bond acceptors (Lipinski definition) is 5. The lowest BCUT2D eigenvalue weighted by Crippen LogP contribution is -1.98. The fourth-order valence-corrected chi connectivity index (χ4v) is 2.41. The molecule has 0 amide bonds. The van der Waals surface area contributed by atoms with Gasteiger partial charge in [-0.2, -0.15) is 0 Å². The number of hydrogen-bond donors (Lipinski definition) is 2. The third-order valence-corrected chi connectivity index (χ3v) is 4.60. The number of halogens is 2. The van der Waals surface area contributed by atoms with Crippen molar-refractivity contribution in [2.75, 3.05) is 11.1 Å². The van der Waals surface area contributed by atoms with E-state index in [9.17, 15) is 0 Å². The van der Waals surface area contributed by atoms with Crippen LogP contribution in [0, 0.1) is 0 Å². The first-order chi connectivity index (χ1) is 9.63. The predicted molar refractivity (Wildman–Crippen MR) is 86.9 cm³/mol. The van der Waals surface area contributed by atoms with Crippen molar-refractivity contribution in [3.8, 4) is 0 Å². The molecular formula is C13H9Br2N5. The molecule has 0 atom stereocenters. The average Bonchev–Trinajstić information content (AvgIpc) is 2.44. The normalized spacial score (nSPS) is 10.7. The number of benzene rings is 1. The molecule has 3 N–H and O–H groups in total. The average molecular weight is 395 g/mol. The van der Waals surface area contributed by atoms with Gasteiger partial charge in [0.05, 0.1) is 11.7 Å². The maximum Gasteiger partial charge on any atom is 0.141 e. The van der Waals surface area contributed by atoms with E-state index in [1.54, 1.807) is 12.3 Å². The number of pyridine rings is 1. The number of nitrogen functional groups attached to an aromatic ring is 1. The Hall–Kier alpha value is -1.73. The minimum atomic E-state index is 0.437. The third kappa shape index (κ3) is 2.59. The molecule has 1 aromatic carbocycles. The second-order valence-corrected chi connectivity index (χ2v) is 5.81. The monoisotopic (exact) mass is 393 g/mol. The number of fused-ring (bicyclic) bond motifs is 1. The first-order valence-corrected chi connectivity index (χ1v) is 7.30. The molecule has 0 saturated heterocycles. The molecule has 5 nitrogen and oxygen atoms in total. The summed E-state index contributed by atoms with van der Waals surface area (Å²) in [6.07, 6.45) is 3.13. The molecule has 0 unspecified atom stereocenters. The molecule has 2 heterocycles. The van der Waals surface area contributed by atoms with E-state index in [2.05, 4.69) is 52.1 Å². The van der Waals surface area contributed by atoms with Crippen molar-refractivity contribution in [1.82, 2.24) is 15.0 Å². The molecule has 0 spiro atoms. The highest BCUT2D eigenvalue weighted by molar-refractivity contribution is 9.13. The van der Waals surface area contributed by atoms with Crippen molar-refractivity contribution in [3.63, 3.8) is 0 Å². The smallest absolute Gasteiger partial charge is 0.141 e. The lowest BCUT2D eigenvalue weighted by molar-refractivity contribution is 1.20. The van der Waals surface area contributed by atoms with E-state index in [1.165, 1.54) is 6.33 Å². The highest BCUT2D eigenvalue weighted by Crippen LogP contribution is 2.29.